The molecule has 3 N–H and O–H groups in total. The molecule has 0 heterocycles. The summed E-state index contributed by atoms with van der Waals surface area (Å²) in [6.45, 7) is 4.32. The van der Waals surface area contributed by atoms with Crippen LogP contribution in [0.25, 0.3) is 10.4 Å². The van der Waals surface area contributed by atoms with Gasteiger partial charge in [-0.15, -0.1) is 0 Å². The highest BCUT2D eigenvalue weighted by atomic mass is 16.5. The average Bonchev–Trinajstić information content (AvgIpc) is 2.60. The fraction of sp³-hybridized carbons (Fsp3) is 0.800. The standard InChI is InChI=1S/C15H28N6O5/c1-13(22)17-5-9-25-10-6-18-14(23)3-2-4-15(24)19-7-11-26-12-8-20-21-16/h2-12H2,1H3,(H,17,22)(H,18,23)(H,19,24). The molecule has 0 aliphatic carbocycles. The molecule has 0 atom stereocenters. The van der Waals surface area contributed by atoms with Crippen LogP contribution in [0.4, 0.5) is 0 Å². The monoisotopic (exact) mass is 372 g/mol. The van der Waals surface area contributed by atoms with E-state index in [9.17, 15) is 14.4 Å². The number of rotatable bonds is 16. The maximum Gasteiger partial charge on any atom is 0.220 e. The Morgan fingerprint density at radius 1 is 0.885 bits per heavy atom. The lowest BCUT2D eigenvalue weighted by Gasteiger charge is -2.07. The molecule has 11 heteroatoms. The Hall–Kier alpha value is -2.36. The van der Waals surface area contributed by atoms with Gasteiger partial charge in [-0.25, -0.2) is 0 Å². The van der Waals surface area contributed by atoms with Crippen molar-refractivity contribution in [1.82, 2.24) is 16.0 Å². The number of hydrogen-bond acceptors (Lipinski definition) is 6. The van der Waals surface area contributed by atoms with E-state index in [2.05, 4.69) is 26.0 Å². The quantitative estimate of drug-likeness (QED) is 0.149. The van der Waals surface area contributed by atoms with E-state index in [-0.39, 0.29) is 37.1 Å². The van der Waals surface area contributed by atoms with Gasteiger partial charge >= 0.3 is 0 Å². The summed E-state index contributed by atoms with van der Waals surface area (Å²) in [7, 11) is 0. The smallest absolute Gasteiger partial charge is 0.220 e. The molecule has 0 aromatic heterocycles. The highest BCUT2D eigenvalue weighted by Crippen LogP contribution is 1.95. The van der Waals surface area contributed by atoms with Gasteiger partial charge in [0, 0.05) is 50.9 Å². The molecule has 11 nitrogen and oxygen atoms in total. The van der Waals surface area contributed by atoms with E-state index in [1.807, 2.05) is 0 Å². The third-order valence-corrected chi connectivity index (χ3v) is 2.96. The molecule has 0 aromatic rings. The summed E-state index contributed by atoms with van der Waals surface area (Å²) >= 11 is 0. The SMILES string of the molecule is CC(=O)NCCOCCNC(=O)CCCC(=O)NCCOCCN=[N+]=[N-]. The molecular formula is C15H28N6O5. The minimum Gasteiger partial charge on any atom is -0.379 e. The van der Waals surface area contributed by atoms with Gasteiger partial charge in [0.15, 0.2) is 0 Å². The summed E-state index contributed by atoms with van der Waals surface area (Å²) in [5.41, 5.74) is 8.07. The molecule has 0 radical (unpaired) electrons. The summed E-state index contributed by atoms with van der Waals surface area (Å²) in [5, 5.41) is 11.3. The van der Waals surface area contributed by atoms with E-state index in [0.717, 1.165) is 0 Å². The molecule has 0 saturated heterocycles. The summed E-state index contributed by atoms with van der Waals surface area (Å²) in [5.74, 6) is -0.383. The third kappa shape index (κ3) is 18.0. The molecule has 0 aromatic carbocycles. The van der Waals surface area contributed by atoms with Gasteiger partial charge in [0.2, 0.25) is 17.7 Å². The number of amides is 3. The van der Waals surface area contributed by atoms with Crippen molar-refractivity contribution in [2.45, 2.75) is 26.2 Å². The van der Waals surface area contributed by atoms with Crippen molar-refractivity contribution in [1.29, 1.82) is 0 Å². The van der Waals surface area contributed by atoms with Gasteiger partial charge in [-0.1, -0.05) is 5.11 Å². The highest BCUT2D eigenvalue weighted by Gasteiger charge is 2.04. The van der Waals surface area contributed by atoms with Gasteiger partial charge in [-0.3, -0.25) is 14.4 Å². The van der Waals surface area contributed by atoms with Gasteiger partial charge in [-0.2, -0.15) is 0 Å². The summed E-state index contributed by atoms with van der Waals surface area (Å²) in [6, 6.07) is 0. The van der Waals surface area contributed by atoms with Crippen molar-refractivity contribution >= 4 is 17.7 Å². The van der Waals surface area contributed by atoms with Crippen molar-refractivity contribution in [2.24, 2.45) is 5.11 Å². The first-order valence-electron chi connectivity index (χ1n) is 8.50. The Labute approximate surface area is 152 Å². The largest absolute Gasteiger partial charge is 0.379 e. The molecular weight excluding hydrogens is 344 g/mol. The van der Waals surface area contributed by atoms with Crippen LogP contribution in [0.5, 0.6) is 0 Å². The zero-order valence-corrected chi connectivity index (χ0v) is 15.2. The van der Waals surface area contributed by atoms with E-state index in [1.165, 1.54) is 6.92 Å². The molecule has 3 amide bonds. The fourth-order valence-corrected chi connectivity index (χ4v) is 1.76. The molecule has 0 fully saturated rings. The van der Waals surface area contributed by atoms with Gasteiger partial charge in [-0.05, 0) is 12.0 Å². The van der Waals surface area contributed by atoms with Crippen LogP contribution in [0.15, 0.2) is 5.11 Å². The van der Waals surface area contributed by atoms with Crippen molar-refractivity contribution in [2.75, 3.05) is 52.6 Å². The normalized spacial score (nSPS) is 9.88. The van der Waals surface area contributed by atoms with Crippen molar-refractivity contribution in [3.8, 4) is 0 Å². The zero-order chi connectivity index (χ0) is 19.5. The van der Waals surface area contributed by atoms with Crippen LogP contribution in [0.3, 0.4) is 0 Å². The molecule has 0 saturated carbocycles. The van der Waals surface area contributed by atoms with Crippen LogP contribution in [0.1, 0.15) is 26.2 Å². The van der Waals surface area contributed by atoms with Crippen LogP contribution >= 0.6 is 0 Å². The van der Waals surface area contributed by atoms with Crippen molar-refractivity contribution in [3.63, 3.8) is 0 Å². The number of ether oxygens (including phenoxy) is 2. The van der Waals surface area contributed by atoms with Crippen LogP contribution in [0, 0.1) is 0 Å². The number of carbonyl (C=O) groups excluding carboxylic acids is 3. The lowest BCUT2D eigenvalue weighted by Crippen LogP contribution is -2.30. The maximum absolute atomic E-state index is 11.6. The van der Waals surface area contributed by atoms with Crippen LogP contribution in [-0.4, -0.2) is 70.3 Å². The molecule has 0 bridgehead atoms. The summed E-state index contributed by atoms with van der Waals surface area (Å²) in [4.78, 5) is 36.3. The molecule has 0 rings (SSSR count). The third-order valence-electron chi connectivity index (χ3n) is 2.96. The number of nitrogens with one attached hydrogen (secondary N) is 3. The number of carbonyl (C=O) groups is 3. The van der Waals surface area contributed by atoms with Gasteiger partial charge in [0.1, 0.15) is 0 Å². The first-order valence-corrected chi connectivity index (χ1v) is 8.50. The van der Waals surface area contributed by atoms with Crippen LogP contribution in [0.2, 0.25) is 0 Å². The Morgan fingerprint density at radius 3 is 1.88 bits per heavy atom. The second kappa shape index (κ2) is 17.5. The molecule has 26 heavy (non-hydrogen) atoms. The average molecular weight is 372 g/mol. The van der Waals surface area contributed by atoms with Crippen molar-refractivity contribution in [3.05, 3.63) is 10.4 Å². The Kier molecular flexibility index (Phi) is 15.9. The van der Waals surface area contributed by atoms with Crippen LogP contribution in [-0.2, 0) is 23.9 Å². The van der Waals surface area contributed by atoms with Gasteiger partial charge in [0.25, 0.3) is 0 Å². The number of azide groups is 1. The predicted molar refractivity (Wildman–Crippen MR) is 94.2 cm³/mol. The molecule has 0 aliphatic heterocycles. The first kappa shape index (κ1) is 23.6. The number of hydrogen-bond donors (Lipinski definition) is 3. The van der Waals surface area contributed by atoms with E-state index >= 15 is 0 Å². The molecule has 148 valence electrons. The second-order valence-electron chi connectivity index (χ2n) is 5.22. The first-order chi connectivity index (χ1) is 12.6. The Balaban J connectivity index is 3.39. The summed E-state index contributed by atoms with van der Waals surface area (Å²) < 4.78 is 10.4. The lowest BCUT2D eigenvalue weighted by molar-refractivity contribution is -0.122. The molecule has 0 unspecified atom stereocenters. The molecule has 0 spiro atoms. The maximum atomic E-state index is 11.6. The fourth-order valence-electron chi connectivity index (χ4n) is 1.76. The van der Waals surface area contributed by atoms with E-state index < -0.39 is 0 Å². The zero-order valence-electron chi connectivity index (χ0n) is 15.2. The molecule has 0 aliphatic rings. The van der Waals surface area contributed by atoms with Gasteiger partial charge in [0.05, 0.1) is 26.4 Å². The Morgan fingerprint density at radius 2 is 1.38 bits per heavy atom. The van der Waals surface area contributed by atoms with Crippen molar-refractivity contribution < 1.29 is 23.9 Å². The van der Waals surface area contributed by atoms with E-state index in [0.29, 0.717) is 52.5 Å². The second-order valence-corrected chi connectivity index (χ2v) is 5.22. The van der Waals surface area contributed by atoms with E-state index in [4.69, 9.17) is 15.0 Å². The number of nitrogens with zero attached hydrogens (tertiary/aromatic N) is 3. The Bertz CT molecular complexity index is 467. The lowest BCUT2D eigenvalue weighted by atomic mass is 10.2. The summed E-state index contributed by atoms with van der Waals surface area (Å²) in [6.07, 6.45) is 0.986. The minimum atomic E-state index is -0.141. The topological polar surface area (TPSA) is 155 Å². The highest BCUT2D eigenvalue weighted by molar-refractivity contribution is 5.78. The van der Waals surface area contributed by atoms with Crippen LogP contribution < -0.4 is 16.0 Å². The predicted octanol–water partition coefficient (Wildman–Crippen LogP) is -0.131. The van der Waals surface area contributed by atoms with Gasteiger partial charge < -0.3 is 25.4 Å². The van der Waals surface area contributed by atoms with E-state index in [1.54, 1.807) is 0 Å². The minimum absolute atomic E-state index is 0.108.